The Bertz CT molecular complexity index is 932. The fraction of sp³-hybridized carbons (Fsp3) is 0. The second-order valence-electron chi connectivity index (χ2n) is 5.09. The minimum absolute atomic E-state index is 0.143. The minimum atomic E-state index is -0.554. The number of rotatable bonds is 6. The van der Waals surface area contributed by atoms with Crippen molar-refractivity contribution in [1.29, 1.82) is 0 Å². The largest absolute Gasteiger partial charge is 0.379 e. The Morgan fingerprint density at radius 1 is 0.750 bits per heavy atom. The van der Waals surface area contributed by atoms with E-state index in [1.54, 1.807) is 12.1 Å². The Morgan fingerprint density at radius 3 is 1.46 bits per heavy atom. The third kappa shape index (κ3) is 5.26. The average Bonchev–Trinajstić information content (AvgIpc) is 2.68. The summed E-state index contributed by atoms with van der Waals surface area (Å²) in [5.41, 5.74) is 11.4. The summed E-state index contributed by atoms with van der Waals surface area (Å²) in [6.45, 7) is 0. The lowest BCUT2D eigenvalue weighted by Crippen LogP contribution is -2.30. The quantitative estimate of drug-likeness (QED) is 0.330. The van der Waals surface area contributed by atoms with Crippen LogP contribution in [0.15, 0.2) is 68.9 Å². The highest BCUT2D eigenvalue weighted by Gasteiger charge is 2.10. The molecule has 0 radical (unpaired) electrons. The number of nitrogens with zero attached hydrogens (tertiary/aromatic N) is 6. The van der Waals surface area contributed by atoms with Crippen LogP contribution in [0.5, 0.6) is 0 Å². The van der Waals surface area contributed by atoms with Crippen LogP contribution in [0.2, 0.25) is 0 Å². The van der Waals surface area contributed by atoms with Gasteiger partial charge in [0.05, 0.1) is 33.4 Å². The molecule has 28 heavy (non-hydrogen) atoms. The van der Waals surface area contributed by atoms with Crippen LogP contribution in [0, 0.1) is 20.2 Å². The van der Waals surface area contributed by atoms with Crippen LogP contribution in [0.25, 0.3) is 0 Å². The van der Waals surface area contributed by atoms with Gasteiger partial charge in [0, 0.05) is 12.1 Å². The maximum atomic E-state index is 10.9. The number of hydrogen-bond donors (Lipinski definition) is 2. The highest BCUT2D eigenvalue weighted by Crippen LogP contribution is 2.16. The molecule has 0 aliphatic carbocycles. The van der Waals surface area contributed by atoms with Gasteiger partial charge in [0.15, 0.2) is 11.7 Å². The predicted octanol–water partition coefficient (Wildman–Crippen LogP) is 1.59. The van der Waals surface area contributed by atoms with E-state index in [1.807, 2.05) is 0 Å². The molecule has 0 saturated carbocycles. The fourth-order valence-electron chi connectivity index (χ4n) is 1.93. The number of hydrogen-bond acceptors (Lipinski definition) is 8. The van der Waals surface area contributed by atoms with Crippen LogP contribution in [-0.4, -0.2) is 33.9 Å². The van der Waals surface area contributed by atoms with Gasteiger partial charge in [0.2, 0.25) is 0 Å². The summed E-state index contributed by atoms with van der Waals surface area (Å²) < 4.78 is 0. The van der Waals surface area contributed by atoms with E-state index in [4.69, 9.17) is 11.5 Å². The van der Waals surface area contributed by atoms with Crippen LogP contribution >= 0.6 is 0 Å². The summed E-state index contributed by atoms with van der Waals surface area (Å²) in [6, 6.07) is 11.9. The van der Waals surface area contributed by atoms with E-state index in [0.29, 0.717) is 0 Å². The van der Waals surface area contributed by atoms with Gasteiger partial charge in [-0.15, -0.1) is 10.2 Å². The lowest BCUT2D eigenvalue weighted by Gasteiger charge is -1.96. The number of nitrogens with two attached hydrogens (primary N) is 2. The molecule has 2 aromatic carbocycles. The molecule has 12 nitrogen and oxygen atoms in total. The molecule has 0 aliphatic rings. The van der Waals surface area contributed by atoms with E-state index in [-0.39, 0.29) is 34.2 Å². The topological polar surface area (TPSA) is 188 Å². The molecule has 0 bridgehead atoms. The van der Waals surface area contributed by atoms with Crippen LogP contribution < -0.4 is 11.5 Å². The smallest absolute Gasteiger partial charge is 0.278 e. The van der Waals surface area contributed by atoms with Crippen molar-refractivity contribution in [1.82, 2.24) is 0 Å². The van der Waals surface area contributed by atoms with Gasteiger partial charge in [-0.3, -0.25) is 20.2 Å². The summed E-state index contributed by atoms with van der Waals surface area (Å²) in [7, 11) is 0. The summed E-state index contributed by atoms with van der Waals surface area (Å²) in [5, 5.41) is 36.3. The standard InChI is InChI=1S/C16H14N8O4/c17-15(21-19-9-11-5-1-3-7-13(11)23(25)26)16(18)22-20-10-12-6-2-4-8-14(12)24(27)28/h1-10H,(H2,17,21)(H2,18,22)/b19-9-,20-10-. The Morgan fingerprint density at radius 2 is 1.11 bits per heavy atom. The Hall–Kier alpha value is -4.48. The first-order valence-electron chi connectivity index (χ1n) is 7.60. The van der Waals surface area contributed by atoms with Gasteiger partial charge >= 0.3 is 0 Å². The van der Waals surface area contributed by atoms with Gasteiger partial charge in [0.1, 0.15) is 0 Å². The predicted molar refractivity (Wildman–Crippen MR) is 105 cm³/mol. The number of nitro benzene ring substituents is 2. The van der Waals surface area contributed by atoms with Gasteiger partial charge < -0.3 is 11.5 Å². The fourth-order valence-corrected chi connectivity index (χ4v) is 1.93. The summed E-state index contributed by atoms with van der Waals surface area (Å²) >= 11 is 0. The van der Waals surface area contributed by atoms with E-state index in [9.17, 15) is 20.2 Å². The molecule has 2 aromatic rings. The van der Waals surface area contributed by atoms with Crippen molar-refractivity contribution in [3.8, 4) is 0 Å². The van der Waals surface area contributed by atoms with Gasteiger partial charge in [-0.25, -0.2) is 0 Å². The molecule has 142 valence electrons. The summed E-state index contributed by atoms with van der Waals surface area (Å²) in [5.74, 6) is -0.566. The van der Waals surface area contributed by atoms with Crippen molar-refractivity contribution in [3.05, 3.63) is 79.9 Å². The molecule has 0 unspecified atom stereocenters. The molecular weight excluding hydrogens is 368 g/mol. The lowest BCUT2D eigenvalue weighted by atomic mass is 10.2. The molecule has 0 aromatic heterocycles. The molecular formula is C16H14N8O4. The first kappa shape index (κ1) is 19.8. The zero-order chi connectivity index (χ0) is 20.5. The third-order valence-corrected chi connectivity index (χ3v) is 3.25. The Labute approximate surface area is 157 Å². The van der Waals surface area contributed by atoms with Crippen LogP contribution in [0.4, 0.5) is 11.4 Å². The van der Waals surface area contributed by atoms with Crippen molar-refractivity contribution in [2.45, 2.75) is 0 Å². The molecule has 0 fully saturated rings. The first-order chi connectivity index (χ1) is 13.4. The average molecular weight is 382 g/mol. The van der Waals surface area contributed by atoms with Crippen molar-refractivity contribution in [2.24, 2.45) is 31.9 Å². The van der Waals surface area contributed by atoms with Gasteiger partial charge in [-0.1, -0.05) is 24.3 Å². The van der Waals surface area contributed by atoms with Crippen LogP contribution in [-0.2, 0) is 0 Å². The van der Waals surface area contributed by atoms with E-state index in [2.05, 4.69) is 20.4 Å². The number of benzene rings is 2. The first-order valence-corrected chi connectivity index (χ1v) is 7.60. The lowest BCUT2D eigenvalue weighted by molar-refractivity contribution is -0.385. The molecule has 12 heteroatoms. The second kappa shape index (κ2) is 9.28. The van der Waals surface area contributed by atoms with E-state index >= 15 is 0 Å². The highest BCUT2D eigenvalue weighted by atomic mass is 16.6. The molecule has 0 aliphatic heterocycles. The number of nitro groups is 2. The SMILES string of the molecule is NC(=N\N=C/c1ccccc1[N+](=O)[O-])/C(N)=N\N=C/c1ccccc1[N+](=O)[O-]. The molecule has 0 atom stereocenters. The second-order valence-corrected chi connectivity index (χ2v) is 5.09. The monoisotopic (exact) mass is 382 g/mol. The van der Waals surface area contributed by atoms with Crippen molar-refractivity contribution < 1.29 is 9.85 Å². The molecule has 0 heterocycles. The van der Waals surface area contributed by atoms with Crippen molar-refractivity contribution >= 4 is 35.5 Å². The number of amidine groups is 2. The Balaban J connectivity index is 2.13. The van der Waals surface area contributed by atoms with Crippen molar-refractivity contribution in [2.75, 3.05) is 0 Å². The maximum absolute atomic E-state index is 10.9. The summed E-state index contributed by atoms with van der Waals surface area (Å²) in [6.07, 6.45) is 2.30. The molecule has 0 saturated heterocycles. The molecule has 0 spiro atoms. The van der Waals surface area contributed by atoms with E-state index < -0.39 is 9.85 Å². The van der Waals surface area contributed by atoms with E-state index in [1.165, 1.54) is 36.4 Å². The van der Waals surface area contributed by atoms with Gasteiger partial charge in [0.25, 0.3) is 11.4 Å². The van der Waals surface area contributed by atoms with Gasteiger partial charge in [-0.2, -0.15) is 10.2 Å². The maximum Gasteiger partial charge on any atom is 0.278 e. The molecule has 4 N–H and O–H groups in total. The summed E-state index contributed by atoms with van der Waals surface area (Å²) in [4.78, 5) is 20.7. The van der Waals surface area contributed by atoms with E-state index in [0.717, 1.165) is 12.4 Å². The highest BCUT2D eigenvalue weighted by molar-refractivity contribution is 6.39. The van der Waals surface area contributed by atoms with Crippen LogP contribution in [0.3, 0.4) is 0 Å². The number of para-hydroxylation sites is 2. The van der Waals surface area contributed by atoms with Crippen molar-refractivity contribution in [3.63, 3.8) is 0 Å². The molecule has 0 amide bonds. The zero-order valence-electron chi connectivity index (χ0n) is 14.2. The minimum Gasteiger partial charge on any atom is -0.379 e. The Kier molecular flexibility index (Phi) is 6.58. The normalized spacial score (nSPS) is 12.6. The molecule has 2 rings (SSSR count). The van der Waals surface area contributed by atoms with Crippen LogP contribution in [0.1, 0.15) is 11.1 Å². The zero-order valence-corrected chi connectivity index (χ0v) is 14.2. The van der Waals surface area contributed by atoms with Gasteiger partial charge in [-0.05, 0) is 12.1 Å². The third-order valence-electron chi connectivity index (χ3n) is 3.25.